The lowest BCUT2D eigenvalue weighted by atomic mass is 10.1. The van der Waals surface area contributed by atoms with E-state index in [1.165, 1.54) is 11.1 Å². The molecule has 0 spiro atoms. The van der Waals surface area contributed by atoms with Gasteiger partial charge >= 0.3 is 5.69 Å². The molecule has 15 nitrogen and oxygen atoms in total. The fourth-order valence-corrected chi connectivity index (χ4v) is 4.49. The molecule has 2 aromatic rings. The summed E-state index contributed by atoms with van der Waals surface area (Å²) in [4.78, 5) is 26.6. The molecule has 3 aliphatic rings. The topological polar surface area (TPSA) is 220 Å². The average molecular weight is 478 g/mol. The second-order valence-corrected chi connectivity index (χ2v) is 8.33. The third-order valence-corrected chi connectivity index (χ3v) is 6.26. The second-order valence-electron chi connectivity index (χ2n) is 8.33. The first-order chi connectivity index (χ1) is 16.3. The van der Waals surface area contributed by atoms with Crippen LogP contribution in [0.4, 0.5) is 17.3 Å². The van der Waals surface area contributed by atoms with Crippen LogP contribution in [0.1, 0.15) is 31.0 Å². The lowest BCUT2D eigenvalue weighted by Gasteiger charge is -2.31. The minimum atomic E-state index is -1.50. The van der Waals surface area contributed by atoms with E-state index < -0.39 is 43.1 Å². The van der Waals surface area contributed by atoms with Crippen LogP contribution in [0.25, 0.3) is 0 Å². The first-order valence-corrected chi connectivity index (χ1v) is 10.8. The van der Waals surface area contributed by atoms with Crippen LogP contribution in [0.3, 0.4) is 0 Å². The van der Waals surface area contributed by atoms with Gasteiger partial charge in [-0.1, -0.05) is 0 Å². The largest absolute Gasteiger partial charge is 0.394 e. The molecule has 0 saturated carbocycles. The van der Waals surface area contributed by atoms with E-state index in [2.05, 4.69) is 15.0 Å². The Morgan fingerprint density at radius 3 is 2.56 bits per heavy atom. The number of guanidine groups is 1. The molecular weight excluding hydrogens is 452 g/mol. The summed E-state index contributed by atoms with van der Waals surface area (Å²) in [6.45, 7) is -0.446. The van der Waals surface area contributed by atoms with E-state index in [1.54, 1.807) is 10.9 Å². The number of hydrogen-bond donors (Lipinski definition) is 6. The first kappa shape index (κ1) is 22.7. The molecule has 5 rings (SSSR count). The van der Waals surface area contributed by atoms with Gasteiger partial charge in [-0.2, -0.15) is 4.98 Å². The normalized spacial score (nSPS) is 31.1. The van der Waals surface area contributed by atoms with Gasteiger partial charge in [0.05, 0.1) is 32.2 Å². The highest BCUT2D eigenvalue weighted by atomic mass is 16.6. The zero-order valence-corrected chi connectivity index (χ0v) is 18.0. The summed E-state index contributed by atoms with van der Waals surface area (Å²) >= 11 is 0. The summed E-state index contributed by atoms with van der Waals surface area (Å²) in [6, 6.07) is 0. The van der Waals surface area contributed by atoms with Crippen molar-refractivity contribution in [3.8, 4) is 0 Å². The second kappa shape index (κ2) is 8.61. The van der Waals surface area contributed by atoms with Crippen LogP contribution < -0.4 is 22.1 Å². The maximum atomic E-state index is 12.6. The molecule has 0 bridgehead atoms. The molecule has 184 valence electrons. The van der Waals surface area contributed by atoms with E-state index in [0.29, 0.717) is 24.4 Å². The highest BCUT2D eigenvalue weighted by molar-refractivity contribution is 6.04. The van der Waals surface area contributed by atoms with Crippen LogP contribution in [0.5, 0.6) is 0 Å². The number of imidazole rings is 1. The number of nitrogens with zero attached hydrogens (tertiary/aromatic N) is 6. The molecule has 5 heterocycles. The van der Waals surface area contributed by atoms with Crippen LogP contribution >= 0.6 is 0 Å². The van der Waals surface area contributed by atoms with Crippen molar-refractivity contribution in [2.45, 2.75) is 56.3 Å². The Labute approximate surface area is 192 Å². The monoisotopic (exact) mass is 478 g/mol. The summed E-state index contributed by atoms with van der Waals surface area (Å²) in [6.07, 6.45) is -1.83. The SMILES string of the molecule is NC1=NCc2ncn(C3CC[C@@H](CO)O3)c2N1c1cn(C2O[C@H](CO)C(O)[C@H]2O)c(=O)nc1N. The van der Waals surface area contributed by atoms with Gasteiger partial charge in [0.1, 0.15) is 41.7 Å². The minimum Gasteiger partial charge on any atom is -0.394 e. The van der Waals surface area contributed by atoms with E-state index in [1.807, 2.05) is 0 Å². The van der Waals surface area contributed by atoms with Crippen LogP contribution in [-0.4, -0.2) is 83.1 Å². The average Bonchev–Trinajstić information content (AvgIpc) is 3.53. The summed E-state index contributed by atoms with van der Waals surface area (Å²) in [7, 11) is 0. The Morgan fingerprint density at radius 2 is 1.88 bits per heavy atom. The van der Waals surface area contributed by atoms with Gasteiger partial charge in [0, 0.05) is 6.20 Å². The molecule has 3 aliphatic heterocycles. The molecule has 0 aliphatic carbocycles. The van der Waals surface area contributed by atoms with Crippen LogP contribution in [0, 0.1) is 0 Å². The predicted molar refractivity (Wildman–Crippen MR) is 116 cm³/mol. The van der Waals surface area contributed by atoms with Crippen LogP contribution in [0.15, 0.2) is 22.3 Å². The lowest BCUT2D eigenvalue weighted by molar-refractivity contribution is -0.0548. The summed E-state index contributed by atoms with van der Waals surface area (Å²) in [5.74, 6) is 0.411. The van der Waals surface area contributed by atoms with Crippen LogP contribution in [0.2, 0.25) is 0 Å². The smallest absolute Gasteiger partial charge is 0.351 e. The van der Waals surface area contributed by atoms with Crippen molar-refractivity contribution in [1.29, 1.82) is 0 Å². The third-order valence-electron chi connectivity index (χ3n) is 6.26. The quantitative estimate of drug-likeness (QED) is 0.258. The van der Waals surface area contributed by atoms with Gasteiger partial charge in [-0.15, -0.1) is 0 Å². The number of rotatable bonds is 5. The van der Waals surface area contributed by atoms with Crippen molar-refractivity contribution < 1.29 is 29.9 Å². The molecule has 0 radical (unpaired) electrons. The highest BCUT2D eigenvalue weighted by Gasteiger charge is 2.44. The first-order valence-electron chi connectivity index (χ1n) is 10.8. The number of nitrogen functional groups attached to an aromatic ring is 1. The van der Waals surface area contributed by atoms with E-state index in [0.717, 1.165) is 4.57 Å². The maximum absolute atomic E-state index is 12.6. The Balaban J connectivity index is 1.58. The van der Waals surface area contributed by atoms with Gasteiger partial charge < -0.3 is 41.4 Å². The standard InChI is InChI=1S/C19H26N8O7/c20-15-10(4-25(19(32)24-15)17-14(31)13(30)11(6-29)34-17)27-16-9(3-22-18(27)21)23-7-26(16)12-2-1-8(5-28)33-12/h4,7-8,11-14,17,28-31H,1-3,5-6H2,(H2,21,22)(H2,20,24,32)/t8-,11+,12?,13?,14+,17?/m0/s1. The molecule has 3 unspecified atom stereocenters. The Hall–Kier alpha value is -3.08. The van der Waals surface area contributed by atoms with Crippen molar-refractivity contribution in [2.24, 2.45) is 10.7 Å². The van der Waals surface area contributed by atoms with Gasteiger partial charge in [-0.05, 0) is 12.8 Å². The number of aliphatic hydroxyl groups is 4. The summed E-state index contributed by atoms with van der Waals surface area (Å²) in [5.41, 5.74) is 12.3. The van der Waals surface area contributed by atoms with Crippen molar-refractivity contribution >= 4 is 23.3 Å². The molecule has 6 atom stereocenters. The summed E-state index contributed by atoms with van der Waals surface area (Å²) in [5, 5.41) is 39.3. The molecule has 0 aromatic carbocycles. The van der Waals surface area contributed by atoms with Gasteiger partial charge in [-0.3, -0.25) is 14.0 Å². The molecular formula is C19H26N8O7. The zero-order valence-electron chi connectivity index (χ0n) is 18.0. The number of ether oxygens (including phenoxy) is 2. The molecule has 8 N–H and O–H groups in total. The Bertz CT molecular complexity index is 1170. The van der Waals surface area contributed by atoms with E-state index in [-0.39, 0.29) is 36.7 Å². The molecule has 15 heteroatoms. The maximum Gasteiger partial charge on any atom is 0.351 e. The Morgan fingerprint density at radius 1 is 1.09 bits per heavy atom. The fourth-order valence-electron chi connectivity index (χ4n) is 4.49. The van der Waals surface area contributed by atoms with Crippen molar-refractivity contribution in [3.05, 3.63) is 28.7 Å². The number of hydrogen-bond acceptors (Lipinski definition) is 13. The zero-order chi connectivity index (χ0) is 24.1. The number of aliphatic hydroxyl groups excluding tert-OH is 4. The lowest BCUT2D eigenvalue weighted by Crippen LogP contribution is -2.41. The van der Waals surface area contributed by atoms with E-state index in [4.69, 9.17) is 20.9 Å². The number of nitrogens with two attached hydrogens (primary N) is 2. The van der Waals surface area contributed by atoms with Crippen molar-refractivity contribution in [1.82, 2.24) is 19.1 Å². The van der Waals surface area contributed by atoms with Gasteiger partial charge in [0.15, 0.2) is 12.0 Å². The predicted octanol–water partition coefficient (Wildman–Crippen LogP) is -2.73. The van der Waals surface area contributed by atoms with E-state index in [9.17, 15) is 25.2 Å². The molecule has 0 amide bonds. The van der Waals surface area contributed by atoms with Crippen molar-refractivity contribution in [3.63, 3.8) is 0 Å². The van der Waals surface area contributed by atoms with Gasteiger partial charge in [0.25, 0.3) is 0 Å². The molecule has 34 heavy (non-hydrogen) atoms. The fraction of sp³-hybridized carbons (Fsp3) is 0.579. The van der Waals surface area contributed by atoms with Crippen LogP contribution in [-0.2, 0) is 16.0 Å². The highest BCUT2D eigenvalue weighted by Crippen LogP contribution is 2.39. The number of aromatic nitrogens is 4. The summed E-state index contributed by atoms with van der Waals surface area (Å²) < 4.78 is 14.1. The number of aliphatic imine (C=N–C) groups is 1. The van der Waals surface area contributed by atoms with Gasteiger partial charge in [0.2, 0.25) is 5.96 Å². The molecule has 2 fully saturated rings. The number of anilines is 3. The number of fused-ring (bicyclic) bond motifs is 1. The van der Waals surface area contributed by atoms with Crippen molar-refractivity contribution in [2.75, 3.05) is 23.8 Å². The minimum absolute atomic E-state index is 0.0609. The van der Waals surface area contributed by atoms with E-state index >= 15 is 0 Å². The third kappa shape index (κ3) is 3.53. The van der Waals surface area contributed by atoms with Gasteiger partial charge in [-0.25, -0.2) is 14.8 Å². The Kier molecular flexibility index (Phi) is 5.75. The molecule has 2 aromatic heterocycles. The molecule has 2 saturated heterocycles.